The Kier molecular flexibility index (Phi) is 8.22. The number of likely N-dealkylation sites (tertiary alicyclic amines) is 1. The molecule has 0 spiro atoms. The number of aryl methyl sites for hydroxylation is 2. The fourth-order valence-corrected chi connectivity index (χ4v) is 5.96. The average Bonchev–Trinajstić information content (AvgIpc) is 3.24. The van der Waals surface area contributed by atoms with E-state index in [2.05, 4.69) is 16.1 Å². The van der Waals surface area contributed by atoms with Gasteiger partial charge in [0.1, 0.15) is 5.25 Å². The molecule has 0 saturated carbocycles. The van der Waals surface area contributed by atoms with Gasteiger partial charge in [-0.2, -0.15) is 0 Å². The van der Waals surface area contributed by atoms with Gasteiger partial charge in [-0.3, -0.25) is 0 Å². The maximum Gasteiger partial charge on any atom is 0.332 e. The molecule has 7 nitrogen and oxygen atoms in total. The van der Waals surface area contributed by atoms with Crippen LogP contribution in [0.4, 0.5) is 10.5 Å². The molecule has 1 heterocycles. The van der Waals surface area contributed by atoms with Crippen LogP contribution in [0.5, 0.6) is 0 Å². The number of nitrogens with one attached hydrogen (secondary N) is 2. The van der Waals surface area contributed by atoms with Crippen LogP contribution in [-0.4, -0.2) is 107 Å². The number of carbonyl (C=O) groups excluding carboxylic acids is 1. The predicted octanol–water partition coefficient (Wildman–Crippen LogP) is 1.19. The van der Waals surface area contributed by atoms with E-state index in [-0.39, 0.29) is 58.0 Å². The van der Waals surface area contributed by atoms with Crippen molar-refractivity contribution in [2.45, 2.75) is 56.6 Å². The summed E-state index contributed by atoms with van der Waals surface area (Å²) in [4.78, 5) is 14.6. The maximum atomic E-state index is 12.5. The van der Waals surface area contributed by atoms with Crippen molar-refractivity contribution in [3.8, 4) is 0 Å². The van der Waals surface area contributed by atoms with Crippen molar-refractivity contribution in [2.24, 2.45) is 0 Å². The van der Waals surface area contributed by atoms with Gasteiger partial charge >= 0.3 is 6.03 Å². The molecule has 2 aliphatic carbocycles. The molecular weight excluding hydrogens is 417 g/mol. The first-order valence-corrected chi connectivity index (χ1v) is 11.8. The minimum atomic E-state index is -3.69. The van der Waals surface area contributed by atoms with E-state index < -0.39 is 21.3 Å². The number of benzene rings is 1. The molecule has 2 amide bonds. The fraction of sp³-hybridized carbons (Fsp3) is 0.650. The van der Waals surface area contributed by atoms with Gasteiger partial charge in [-0.05, 0) is 80.2 Å². The van der Waals surface area contributed by atoms with Crippen LogP contribution in [0.2, 0.25) is 0 Å². The second-order valence-electron chi connectivity index (χ2n) is 8.15. The first-order valence-electron chi connectivity index (χ1n) is 10.3. The third-order valence-electron chi connectivity index (χ3n) is 6.19. The van der Waals surface area contributed by atoms with Gasteiger partial charge in [0, 0.05) is 76.8 Å². The monoisotopic (exact) mass is 446 g/mol. The first kappa shape index (κ1) is 23.7. The summed E-state index contributed by atoms with van der Waals surface area (Å²) in [6, 6.07) is 1.64. The number of aliphatic hydroxyl groups is 1. The van der Waals surface area contributed by atoms with Gasteiger partial charge in [-0.25, -0.2) is 17.9 Å². The quantitative estimate of drug-likeness (QED) is 0.432. The third kappa shape index (κ3) is 5.26. The second kappa shape index (κ2) is 10.1. The molecule has 29 heavy (non-hydrogen) atoms. The van der Waals surface area contributed by atoms with Gasteiger partial charge < -0.3 is 15.3 Å². The summed E-state index contributed by atoms with van der Waals surface area (Å²) in [5, 5.41) is 11.1. The number of hydrogen-bond donors (Lipinski definition) is 3. The Hall–Kier alpha value is -0.00364. The van der Waals surface area contributed by atoms with Crippen LogP contribution in [0.1, 0.15) is 47.9 Å². The van der Waals surface area contributed by atoms with E-state index >= 15 is 0 Å². The zero-order valence-corrected chi connectivity index (χ0v) is 21.1. The summed E-state index contributed by atoms with van der Waals surface area (Å²) in [6.45, 7) is 1.81. The smallest absolute Gasteiger partial charge is 0.332 e. The molecule has 0 unspecified atom stereocenters. The molecule has 0 atom stereocenters. The maximum absolute atomic E-state index is 12.5. The van der Waals surface area contributed by atoms with Gasteiger partial charge in [0.2, 0.25) is 10.0 Å². The molecule has 1 saturated heterocycles. The van der Waals surface area contributed by atoms with Crippen molar-refractivity contribution in [1.82, 2.24) is 9.62 Å². The minimum absolute atomic E-state index is 0. The second-order valence-corrected chi connectivity index (χ2v) is 10.1. The number of carbonyl (C=O) groups is 1. The van der Waals surface area contributed by atoms with Crippen molar-refractivity contribution in [1.29, 1.82) is 0 Å². The molecule has 9 heteroatoms. The normalized spacial score (nSPS) is 18.5. The molecule has 3 N–H and O–H groups in total. The number of rotatable bonds is 7. The van der Waals surface area contributed by atoms with E-state index in [0.29, 0.717) is 13.1 Å². The SMILES string of the molecule is O=C(Nc1c2c(cc3c1CCC3)CCC2)NS(=O)(=O)C1CN(CCCCO)C1.[K]. The average molecular weight is 447 g/mol. The number of amides is 2. The zero-order valence-electron chi connectivity index (χ0n) is 17.2. The molecule has 1 aromatic carbocycles. The Morgan fingerprint density at radius 3 is 2.28 bits per heavy atom. The Labute approximate surface area is 215 Å². The largest absolute Gasteiger partial charge is 0.396 e. The molecule has 1 aliphatic heterocycles. The number of sulfonamides is 1. The molecule has 1 fully saturated rings. The van der Waals surface area contributed by atoms with Gasteiger partial charge in [-0.1, -0.05) is 6.07 Å². The number of anilines is 1. The van der Waals surface area contributed by atoms with E-state index in [4.69, 9.17) is 5.11 Å². The summed E-state index contributed by atoms with van der Waals surface area (Å²) < 4.78 is 27.3. The van der Waals surface area contributed by atoms with E-state index in [1.807, 2.05) is 4.90 Å². The minimum Gasteiger partial charge on any atom is -0.396 e. The molecule has 1 radical (unpaired) electrons. The van der Waals surface area contributed by atoms with Crippen LogP contribution in [0.25, 0.3) is 0 Å². The Balaban J connectivity index is 0.00000240. The molecule has 3 aliphatic rings. The van der Waals surface area contributed by atoms with Crippen molar-refractivity contribution in [3.05, 3.63) is 28.3 Å². The molecule has 1 aromatic rings. The summed E-state index contributed by atoms with van der Waals surface area (Å²) in [7, 11) is -3.69. The van der Waals surface area contributed by atoms with Crippen LogP contribution >= 0.6 is 0 Å². The van der Waals surface area contributed by atoms with E-state index in [1.165, 1.54) is 22.3 Å². The Bertz CT molecular complexity index is 837. The van der Waals surface area contributed by atoms with Gasteiger partial charge in [0.15, 0.2) is 0 Å². The van der Waals surface area contributed by atoms with Crippen LogP contribution in [-0.2, 0) is 35.7 Å². The van der Waals surface area contributed by atoms with Crippen LogP contribution in [0.15, 0.2) is 6.07 Å². The van der Waals surface area contributed by atoms with Crippen molar-refractivity contribution in [2.75, 3.05) is 31.6 Å². The van der Waals surface area contributed by atoms with E-state index in [0.717, 1.165) is 63.6 Å². The number of aliphatic hydroxyl groups excluding tert-OH is 1. The van der Waals surface area contributed by atoms with Crippen molar-refractivity contribution >= 4 is 73.1 Å². The first-order chi connectivity index (χ1) is 13.5. The van der Waals surface area contributed by atoms with Crippen LogP contribution < -0.4 is 10.0 Å². The number of urea groups is 1. The Morgan fingerprint density at radius 1 is 1.07 bits per heavy atom. The zero-order chi connectivity index (χ0) is 19.7. The van der Waals surface area contributed by atoms with Crippen LogP contribution in [0, 0.1) is 0 Å². The fourth-order valence-electron chi connectivity index (χ4n) is 4.67. The summed E-state index contributed by atoms with van der Waals surface area (Å²) in [5.74, 6) is 0. The van der Waals surface area contributed by atoms with Crippen LogP contribution in [0.3, 0.4) is 0 Å². The number of fused-ring (bicyclic) bond motifs is 2. The van der Waals surface area contributed by atoms with Crippen molar-refractivity contribution < 1.29 is 18.3 Å². The topological polar surface area (TPSA) is 98.7 Å². The Morgan fingerprint density at radius 2 is 1.69 bits per heavy atom. The summed E-state index contributed by atoms with van der Waals surface area (Å²) >= 11 is 0. The summed E-state index contributed by atoms with van der Waals surface area (Å²) in [5.41, 5.74) is 5.83. The number of unbranched alkanes of at least 4 members (excludes halogenated alkanes) is 1. The van der Waals surface area contributed by atoms with E-state index in [1.54, 1.807) is 0 Å². The molecule has 0 aromatic heterocycles. The number of nitrogens with zero attached hydrogens (tertiary/aromatic N) is 1. The standard InChI is InChI=1S/C20H29N3O4S.K/c24-10-2-1-9-23-12-16(13-23)28(26,27)22-20(25)21-19-17-7-3-5-14(17)11-15-6-4-8-18(15)19;/h11,16,24H,1-10,12-13H2,(H2,21,22,25);. The summed E-state index contributed by atoms with van der Waals surface area (Å²) in [6.07, 6.45) is 7.69. The van der Waals surface area contributed by atoms with Gasteiger partial charge in [-0.15, -0.1) is 0 Å². The van der Waals surface area contributed by atoms with Gasteiger partial charge in [0.25, 0.3) is 0 Å². The van der Waals surface area contributed by atoms with E-state index in [9.17, 15) is 13.2 Å². The molecular formula is C20H29KN3O4S. The predicted molar refractivity (Wildman–Crippen MR) is 114 cm³/mol. The number of hydrogen-bond acceptors (Lipinski definition) is 5. The van der Waals surface area contributed by atoms with Gasteiger partial charge in [0.05, 0.1) is 0 Å². The molecule has 4 rings (SSSR count). The molecule has 155 valence electrons. The third-order valence-corrected chi connectivity index (χ3v) is 7.84. The molecule has 0 bridgehead atoms. The van der Waals surface area contributed by atoms with Crippen molar-refractivity contribution in [3.63, 3.8) is 0 Å².